The highest BCUT2D eigenvalue weighted by atomic mass is 79.9. The Labute approximate surface area is 122 Å². The van der Waals surface area contributed by atoms with Crippen molar-refractivity contribution in [3.63, 3.8) is 0 Å². The number of carbonyl (C=O) groups excluding carboxylic acids is 1. The average Bonchev–Trinajstić information content (AvgIpc) is 2.37. The number of rotatable bonds is 4. The molecule has 20 heavy (non-hydrogen) atoms. The van der Waals surface area contributed by atoms with Gasteiger partial charge in [-0.1, -0.05) is 34.1 Å². The van der Waals surface area contributed by atoms with Gasteiger partial charge in [0.15, 0.2) is 0 Å². The summed E-state index contributed by atoms with van der Waals surface area (Å²) in [5.74, 6) is -2.07. The van der Waals surface area contributed by atoms with Gasteiger partial charge >= 0.3 is 12.1 Å². The van der Waals surface area contributed by atoms with Crippen LogP contribution in [-0.4, -0.2) is 23.5 Å². The van der Waals surface area contributed by atoms with Crippen LogP contribution in [-0.2, 0) is 4.79 Å². The van der Waals surface area contributed by atoms with Gasteiger partial charge in [-0.05, 0) is 17.7 Å². The first-order chi connectivity index (χ1) is 9.31. The summed E-state index contributed by atoms with van der Waals surface area (Å²) in [6.45, 7) is 2.94. The van der Waals surface area contributed by atoms with Gasteiger partial charge in [0.1, 0.15) is 6.04 Å². The third-order valence-electron chi connectivity index (χ3n) is 2.43. The van der Waals surface area contributed by atoms with E-state index in [1.54, 1.807) is 18.2 Å². The Bertz CT molecular complexity index is 551. The van der Waals surface area contributed by atoms with Gasteiger partial charge in [-0.2, -0.15) is 18.4 Å². The predicted octanol–water partition coefficient (Wildman–Crippen LogP) is 3.59. The van der Waals surface area contributed by atoms with Crippen LogP contribution < -0.4 is 0 Å². The van der Waals surface area contributed by atoms with E-state index in [2.05, 4.69) is 22.5 Å². The molecular weight excluding hydrogens is 337 g/mol. The number of carbonyl (C=O) groups is 1. The highest BCUT2D eigenvalue weighted by molar-refractivity contribution is 9.10. The van der Waals surface area contributed by atoms with E-state index in [4.69, 9.17) is 5.26 Å². The van der Waals surface area contributed by atoms with Crippen LogP contribution in [0, 0.1) is 11.3 Å². The van der Waals surface area contributed by atoms with Gasteiger partial charge in [0, 0.05) is 11.0 Å². The van der Waals surface area contributed by atoms with Crippen molar-refractivity contribution in [3.05, 3.63) is 47.0 Å². The summed E-state index contributed by atoms with van der Waals surface area (Å²) in [7, 11) is 0. The summed E-state index contributed by atoms with van der Waals surface area (Å²) in [6.07, 6.45) is -3.89. The zero-order chi connectivity index (χ0) is 15.3. The molecule has 0 aliphatic rings. The second kappa shape index (κ2) is 6.57. The van der Waals surface area contributed by atoms with Crippen molar-refractivity contribution < 1.29 is 18.0 Å². The van der Waals surface area contributed by atoms with Crippen LogP contribution in [0.3, 0.4) is 0 Å². The van der Waals surface area contributed by atoms with E-state index < -0.39 is 18.1 Å². The van der Waals surface area contributed by atoms with E-state index in [-0.39, 0.29) is 6.54 Å². The Hall–Kier alpha value is -1.81. The van der Waals surface area contributed by atoms with Crippen molar-refractivity contribution in [2.45, 2.75) is 12.2 Å². The van der Waals surface area contributed by atoms with Gasteiger partial charge in [0.2, 0.25) is 0 Å². The fourth-order valence-electron chi connectivity index (χ4n) is 1.61. The lowest BCUT2D eigenvalue weighted by Gasteiger charge is -2.27. The van der Waals surface area contributed by atoms with E-state index in [1.165, 1.54) is 12.1 Å². The summed E-state index contributed by atoms with van der Waals surface area (Å²) >= 11 is 3.17. The van der Waals surface area contributed by atoms with Crippen LogP contribution in [0.2, 0.25) is 0 Å². The third kappa shape index (κ3) is 3.84. The Balaban J connectivity index is 3.20. The Morgan fingerprint density at radius 3 is 2.65 bits per heavy atom. The molecule has 3 nitrogen and oxygen atoms in total. The number of benzene rings is 1. The number of hydrogen-bond acceptors (Lipinski definition) is 2. The smallest absolute Gasteiger partial charge is 0.311 e. The molecule has 0 N–H and O–H groups in total. The predicted molar refractivity (Wildman–Crippen MR) is 70.5 cm³/mol. The molecule has 0 bridgehead atoms. The highest BCUT2D eigenvalue weighted by Gasteiger charge is 2.44. The molecule has 1 aromatic rings. The maximum atomic E-state index is 12.6. The molecule has 0 spiro atoms. The molecule has 0 heterocycles. The van der Waals surface area contributed by atoms with Gasteiger partial charge < -0.3 is 4.90 Å². The Morgan fingerprint density at radius 1 is 1.55 bits per heavy atom. The van der Waals surface area contributed by atoms with E-state index in [0.717, 1.165) is 6.08 Å². The highest BCUT2D eigenvalue weighted by Crippen LogP contribution is 2.28. The van der Waals surface area contributed by atoms with Crippen molar-refractivity contribution in [1.82, 2.24) is 4.90 Å². The number of hydrogen-bond donors (Lipinski definition) is 0. The lowest BCUT2D eigenvalue weighted by Crippen LogP contribution is -2.43. The molecule has 1 aromatic carbocycles. The van der Waals surface area contributed by atoms with Crippen molar-refractivity contribution in [2.24, 2.45) is 0 Å². The summed E-state index contributed by atoms with van der Waals surface area (Å²) in [5, 5.41) is 9.12. The fraction of sp³-hybridized carbons (Fsp3) is 0.231. The Kier molecular flexibility index (Phi) is 5.34. The molecule has 1 atom stereocenters. The zero-order valence-electron chi connectivity index (χ0n) is 10.2. The van der Waals surface area contributed by atoms with E-state index in [9.17, 15) is 18.0 Å². The lowest BCUT2D eigenvalue weighted by molar-refractivity contribution is -0.186. The molecule has 0 aromatic heterocycles. The molecule has 1 amide bonds. The molecule has 0 aliphatic heterocycles. The SMILES string of the molecule is C=CCN(C(=O)C(F)(F)F)C(C#N)c1cccc(Br)c1. The largest absolute Gasteiger partial charge is 0.471 e. The molecule has 7 heteroatoms. The minimum absolute atomic E-state index is 0.293. The van der Waals surface area contributed by atoms with Gasteiger partial charge in [-0.3, -0.25) is 4.79 Å². The summed E-state index contributed by atoms with van der Waals surface area (Å²) in [5.41, 5.74) is 0.293. The van der Waals surface area contributed by atoms with Crippen LogP contribution >= 0.6 is 15.9 Å². The van der Waals surface area contributed by atoms with E-state index in [0.29, 0.717) is 14.9 Å². The minimum Gasteiger partial charge on any atom is -0.311 e. The molecule has 1 unspecified atom stereocenters. The van der Waals surface area contributed by atoms with Gasteiger partial charge in [-0.25, -0.2) is 0 Å². The lowest BCUT2D eigenvalue weighted by atomic mass is 10.1. The second-order valence-corrected chi connectivity index (χ2v) is 4.75. The van der Waals surface area contributed by atoms with E-state index in [1.807, 2.05) is 0 Å². The molecular formula is C13H10BrF3N2O. The number of nitriles is 1. The topological polar surface area (TPSA) is 44.1 Å². The quantitative estimate of drug-likeness (QED) is 0.782. The van der Waals surface area contributed by atoms with Gasteiger partial charge in [-0.15, -0.1) is 6.58 Å². The monoisotopic (exact) mass is 346 g/mol. The molecule has 0 saturated heterocycles. The normalized spacial score (nSPS) is 12.3. The fourth-order valence-corrected chi connectivity index (χ4v) is 2.03. The van der Waals surface area contributed by atoms with Crippen LogP contribution in [0.1, 0.15) is 11.6 Å². The third-order valence-corrected chi connectivity index (χ3v) is 2.92. The number of alkyl halides is 3. The summed E-state index contributed by atoms with van der Waals surface area (Å²) in [4.78, 5) is 11.8. The molecule has 0 radical (unpaired) electrons. The number of amides is 1. The maximum absolute atomic E-state index is 12.6. The first kappa shape index (κ1) is 16.2. The first-order valence-electron chi connectivity index (χ1n) is 5.45. The Morgan fingerprint density at radius 2 is 2.20 bits per heavy atom. The van der Waals surface area contributed by atoms with Crippen molar-refractivity contribution in [3.8, 4) is 6.07 Å². The van der Waals surface area contributed by atoms with Crippen LogP contribution in [0.25, 0.3) is 0 Å². The van der Waals surface area contributed by atoms with Gasteiger partial charge in [0.05, 0.1) is 6.07 Å². The molecule has 106 valence electrons. The summed E-state index contributed by atoms with van der Waals surface area (Å²) < 4.78 is 38.3. The van der Waals surface area contributed by atoms with Crippen LogP contribution in [0.15, 0.2) is 41.4 Å². The average molecular weight is 347 g/mol. The number of nitrogens with zero attached hydrogens (tertiary/aromatic N) is 2. The molecule has 0 fully saturated rings. The van der Waals surface area contributed by atoms with Crippen molar-refractivity contribution in [2.75, 3.05) is 6.54 Å². The second-order valence-electron chi connectivity index (χ2n) is 3.83. The molecule has 1 rings (SSSR count). The standard InChI is InChI=1S/C13H10BrF3N2O/c1-2-6-19(12(20)13(15,16)17)11(8-18)9-4-3-5-10(14)7-9/h2-5,7,11H,1,6H2. The molecule has 0 aliphatic carbocycles. The number of halogens is 4. The maximum Gasteiger partial charge on any atom is 0.471 e. The van der Waals surface area contributed by atoms with Crippen LogP contribution in [0.5, 0.6) is 0 Å². The van der Waals surface area contributed by atoms with Gasteiger partial charge in [0.25, 0.3) is 0 Å². The minimum atomic E-state index is -5.04. The van der Waals surface area contributed by atoms with E-state index >= 15 is 0 Å². The molecule has 0 saturated carbocycles. The summed E-state index contributed by atoms with van der Waals surface area (Å²) in [6, 6.07) is 6.61. The zero-order valence-corrected chi connectivity index (χ0v) is 11.8. The van der Waals surface area contributed by atoms with Crippen LogP contribution in [0.4, 0.5) is 13.2 Å². The first-order valence-corrected chi connectivity index (χ1v) is 6.24. The van der Waals surface area contributed by atoms with Crippen molar-refractivity contribution in [1.29, 1.82) is 5.26 Å². The van der Waals surface area contributed by atoms with Crippen molar-refractivity contribution >= 4 is 21.8 Å².